The average Bonchev–Trinajstić information content (AvgIpc) is 3.37. The Morgan fingerprint density at radius 1 is 1.18 bits per heavy atom. The van der Waals surface area contributed by atoms with E-state index >= 15 is 0 Å². The number of piperidine rings is 1. The Balaban J connectivity index is 0.00000280. The van der Waals surface area contributed by atoms with Gasteiger partial charge in [-0.1, -0.05) is 0 Å². The third-order valence-electron chi connectivity index (χ3n) is 5.15. The number of hydrogen-bond acceptors (Lipinski definition) is 5. The molecular formula is C19H30IN5O3. The Kier molecular flexibility index (Phi) is 9.23. The van der Waals surface area contributed by atoms with E-state index in [1.807, 2.05) is 12.1 Å². The number of nitrogens with one attached hydrogen (secondary N) is 2. The van der Waals surface area contributed by atoms with Crippen LogP contribution in [0.1, 0.15) is 43.9 Å². The number of carbonyl (C=O) groups excluding carboxylic acids is 2. The minimum absolute atomic E-state index is 0. The predicted molar refractivity (Wildman–Crippen MR) is 118 cm³/mol. The van der Waals surface area contributed by atoms with Crippen LogP contribution in [0.5, 0.6) is 0 Å². The van der Waals surface area contributed by atoms with Crippen LogP contribution in [0.15, 0.2) is 27.8 Å². The topological polar surface area (TPSA) is 90.2 Å². The van der Waals surface area contributed by atoms with Gasteiger partial charge in [-0.05, 0) is 44.5 Å². The number of imide groups is 1. The number of nitrogens with zero attached hydrogens (tertiary/aromatic N) is 3. The van der Waals surface area contributed by atoms with Gasteiger partial charge in [-0.2, -0.15) is 0 Å². The second kappa shape index (κ2) is 11.4. The zero-order valence-corrected chi connectivity index (χ0v) is 18.7. The molecule has 28 heavy (non-hydrogen) atoms. The fourth-order valence-corrected chi connectivity index (χ4v) is 3.69. The molecule has 0 bridgehead atoms. The van der Waals surface area contributed by atoms with Crippen LogP contribution in [0.3, 0.4) is 0 Å². The summed E-state index contributed by atoms with van der Waals surface area (Å²) >= 11 is 0. The highest BCUT2D eigenvalue weighted by atomic mass is 127. The standard InChI is InChI=1S/C19H29N5O3.HI/c1-20-19(21-9-12-24-17(25)7-4-8-18(24)26)22-14-15(16-6-5-13-27-16)23-10-2-3-11-23;/h5-6,13,15H,2-4,7-12,14H2,1H3,(H2,20,21,22);1H. The summed E-state index contributed by atoms with van der Waals surface area (Å²) in [5.74, 6) is 1.44. The first kappa shape index (κ1) is 22.7. The second-order valence-electron chi connectivity index (χ2n) is 6.95. The van der Waals surface area contributed by atoms with Crippen molar-refractivity contribution in [2.45, 2.75) is 38.1 Å². The van der Waals surface area contributed by atoms with Gasteiger partial charge in [0.15, 0.2) is 5.96 Å². The number of aliphatic imine (C=N–C) groups is 1. The number of rotatable bonds is 7. The van der Waals surface area contributed by atoms with Gasteiger partial charge in [0.2, 0.25) is 11.8 Å². The first-order valence-electron chi connectivity index (χ1n) is 9.74. The summed E-state index contributed by atoms with van der Waals surface area (Å²) in [6, 6.07) is 4.08. The zero-order valence-electron chi connectivity index (χ0n) is 16.4. The van der Waals surface area contributed by atoms with E-state index < -0.39 is 0 Å². The summed E-state index contributed by atoms with van der Waals surface area (Å²) in [4.78, 5) is 31.7. The molecule has 3 rings (SSSR count). The molecule has 1 unspecified atom stereocenters. The minimum atomic E-state index is -0.0806. The number of likely N-dealkylation sites (tertiary alicyclic amines) is 2. The van der Waals surface area contributed by atoms with Crippen LogP contribution < -0.4 is 10.6 Å². The van der Waals surface area contributed by atoms with Crippen molar-refractivity contribution in [3.8, 4) is 0 Å². The van der Waals surface area contributed by atoms with E-state index in [0.29, 0.717) is 44.9 Å². The minimum Gasteiger partial charge on any atom is -0.468 e. The molecule has 2 amide bonds. The highest BCUT2D eigenvalue weighted by Crippen LogP contribution is 2.24. The van der Waals surface area contributed by atoms with Gasteiger partial charge in [0.05, 0.1) is 12.3 Å². The molecule has 2 saturated heterocycles. The number of furan rings is 1. The molecule has 0 aliphatic carbocycles. The number of halogens is 1. The van der Waals surface area contributed by atoms with Crippen LogP contribution in [0.4, 0.5) is 0 Å². The third kappa shape index (κ3) is 5.94. The summed E-state index contributed by atoms with van der Waals surface area (Å²) < 4.78 is 5.63. The summed E-state index contributed by atoms with van der Waals surface area (Å²) in [7, 11) is 1.71. The van der Waals surface area contributed by atoms with Crippen LogP contribution >= 0.6 is 24.0 Å². The molecule has 3 heterocycles. The molecule has 2 aliphatic heterocycles. The van der Waals surface area contributed by atoms with E-state index in [1.54, 1.807) is 13.3 Å². The predicted octanol–water partition coefficient (Wildman–Crippen LogP) is 1.74. The average molecular weight is 503 g/mol. The van der Waals surface area contributed by atoms with Gasteiger partial charge in [-0.15, -0.1) is 24.0 Å². The van der Waals surface area contributed by atoms with Gasteiger partial charge >= 0.3 is 0 Å². The van der Waals surface area contributed by atoms with Crippen LogP contribution in [0, 0.1) is 0 Å². The van der Waals surface area contributed by atoms with Crippen molar-refractivity contribution in [2.24, 2.45) is 4.99 Å². The van der Waals surface area contributed by atoms with Crippen LogP contribution in [-0.2, 0) is 9.59 Å². The summed E-state index contributed by atoms with van der Waals surface area (Å²) in [6.45, 7) is 3.66. The molecule has 8 nitrogen and oxygen atoms in total. The Morgan fingerprint density at radius 3 is 2.50 bits per heavy atom. The molecular weight excluding hydrogens is 473 g/mol. The smallest absolute Gasteiger partial charge is 0.229 e. The Morgan fingerprint density at radius 2 is 1.89 bits per heavy atom. The van der Waals surface area contributed by atoms with Crippen molar-refractivity contribution >= 4 is 41.8 Å². The first-order valence-corrected chi connectivity index (χ1v) is 9.74. The summed E-state index contributed by atoms with van der Waals surface area (Å²) in [5.41, 5.74) is 0. The number of carbonyl (C=O) groups is 2. The van der Waals surface area contributed by atoms with E-state index in [9.17, 15) is 9.59 Å². The first-order chi connectivity index (χ1) is 13.2. The van der Waals surface area contributed by atoms with E-state index in [0.717, 1.165) is 18.8 Å². The quantitative estimate of drug-likeness (QED) is 0.255. The highest BCUT2D eigenvalue weighted by molar-refractivity contribution is 14.0. The van der Waals surface area contributed by atoms with Gasteiger partial charge in [-0.3, -0.25) is 24.4 Å². The molecule has 1 aromatic heterocycles. The van der Waals surface area contributed by atoms with E-state index in [1.165, 1.54) is 17.7 Å². The van der Waals surface area contributed by atoms with Crippen molar-refractivity contribution in [3.05, 3.63) is 24.2 Å². The van der Waals surface area contributed by atoms with Crippen LogP contribution in [-0.4, -0.2) is 67.3 Å². The molecule has 0 spiro atoms. The Hall–Kier alpha value is -1.62. The van der Waals surface area contributed by atoms with Crippen molar-refractivity contribution in [1.29, 1.82) is 0 Å². The van der Waals surface area contributed by atoms with Crippen LogP contribution in [0.25, 0.3) is 0 Å². The Labute approximate surface area is 183 Å². The Bertz CT molecular complexity index is 643. The maximum atomic E-state index is 11.9. The summed E-state index contributed by atoms with van der Waals surface area (Å²) in [5, 5.41) is 6.54. The molecule has 0 saturated carbocycles. The summed E-state index contributed by atoms with van der Waals surface area (Å²) in [6.07, 6.45) is 5.70. The molecule has 2 aliphatic rings. The lowest BCUT2D eigenvalue weighted by Gasteiger charge is -2.27. The largest absolute Gasteiger partial charge is 0.468 e. The molecule has 2 fully saturated rings. The highest BCUT2D eigenvalue weighted by Gasteiger charge is 2.26. The van der Waals surface area contributed by atoms with Gasteiger partial charge in [-0.25, -0.2) is 0 Å². The van der Waals surface area contributed by atoms with Crippen molar-refractivity contribution in [3.63, 3.8) is 0 Å². The second-order valence-corrected chi connectivity index (χ2v) is 6.95. The van der Waals surface area contributed by atoms with E-state index in [-0.39, 0.29) is 41.8 Å². The molecule has 9 heteroatoms. The fourth-order valence-electron chi connectivity index (χ4n) is 3.69. The van der Waals surface area contributed by atoms with Gasteiger partial charge in [0.1, 0.15) is 5.76 Å². The normalized spacial score (nSPS) is 19.5. The van der Waals surface area contributed by atoms with E-state index in [2.05, 4.69) is 20.5 Å². The van der Waals surface area contributed by atoms with Crippen molar-refractivity contribution in [1.82, 2.24) is 20.4 Å². The number of guanidine groups is 1. The zero-order chi connectivity index (χ0) is 19.1. The van der Waals surface area contributed by atoms with Gasteiger partial charge in [0, 0.05) is 39.5 Å². The van der Waals surface area contributed by atoms with Crippen molar-refractivity contribution in [2.75, 3.05) is 39.8 Å². The monoisotopic (exact) mass is 503 g/mol. The molecule has 156 valence electrons. The fraction of sp³-hybridized carbons (Fsp3) is 0.632. The number of hydrogen-bond donors (Lipinski definition) is 2. The molecule has 1 aromatic rings. The van der Waals surface area contributed by atoms with Crippen LogP contribution in [0.2, 0.25) is 0 Å². The number of amides is 2. The SMILES string of the molecule is CN=C(NCCN1C(=O)CCCC1=O)NCC(c1ccco1)N1CCCC1.I. The van der Waals surface area contributed by atoms with Gasteiger partial charge in [0.25, 0.3) is 0 Å². The lowest BCUT2D eigenvalue weighted by atomic mass is 10.1. The third-order valence-corrected chi connectivity index (χ3v) is 5.15. The molecule has 1 atom stereocenters. The molecule has 0 radical (unpaired) electrons. The lowest BCUT2D eigenvalue weighted by molar-refractivity contribution is -0.147. The van der Waals surface area contributed by atoms with Crippen molar-refractivity contribution < 1.29 is 14.0 Å². The van der Waals surface area contributed by atoms with E-state index in [4.69, 9.17) is 4.42 Å². The van der Waals surface area contributed by atoms with Gasteiger partial charge < -0.3 is 15.1 Å². The maximum absolute atomic E-state index is 11.9. The molecule has 0 aromatic carbocycles. The molecule has 2 N–H and O–H groups in total. The lowest BCUT2D eigenvalue weighted by Crippen LogP contribution is -2.47. The maximum Gasteiger partial charge on any atom is 0.229 e.